The summed E-state index contributed by atoms with van der Waals surface area (Å²) in [6.45, 7) is 3.18. The molecule has 0 atom stereocenters. The van der Waals surface area contributed by atoms with Gasteiger partial charge in [0.05, 0.1) is 12.2 Å². The fourth-order valence-corrected chi connectivity index (χ4v) is 1.67. The van der Waals surface area contributed by atoms with E-state index in [0.29, 0.717) is 5.56 Å². The van der Waals surface area contributed by atoms with E-state index >= 15 is 0 Å². The number of carbonyl (C=O) groups is 2. The number of halogens is 3. The normalized spacial score (nSPS) is 12.5. The maximum Gasteiger partial charge on any atom is 0.416 e. The lowest BCUT2D eigenvalue weighted by Gasteiger charge is -2.08. The molecule has 0 N–H and O–H groups in total. The van der Waals surface area contributed by atoms with Gasteiger partial charge in [-0.05, 0) is 31.5 Å². The number of ketones is 1. The number of carbonyl (C=O) groups excluding carboxylic acids is 2. The fraction of sp³-hybridized carbons (Fsp3) is 0.250. The molecular formula is C16H15F3O3. The van der Waals surface area contributed by atoms with Crippen molar-refractivity contribution >= 4 is 17.3 Å². The Balaban J connectivity index is 3.01. The minimum atomic E-state index is -4.43. The number of Topliss-reactive ketones (excluding diaryl/α,β-unsaturated/α-hetero) is 1. The third kappa shape index (κ3) is 5.20. The zero-order valence-corrected chi connectivity index (χ0v) is 12.1. The van der Waals surface area contributed by atoms with Gasteiger partial charge in [-0.25, -0.2) is 4.79 Å². The quantitative estimate of drug-likeness (QED) is 0.472. The van der Waals surface area contributed by atoms with Gasteiger partial charge in [0, 0.05) is 11.6 Å². The average Bonchev–Trinajstić information content (AvgIpc) is 2.43. The summed E-state index contributed by atoms with van der Waals surface area (Å²) >= 11 is 0. The molecule has 0 saturated heterocycles. The van der Waals surface area contributed by atoms with Gasteiger partial charge in [-0.1, -0.05) is 24.3 Å². The summed E-state index contributed by atoms with van der Waals surface area (Å²) in [7, 11) is 0. The summed E-state index contributed by atoms with van der Waals surface area (Å²) in [5.41, 5.74) is -0.246. The van der Waals surface area contributed by atoms with Crippen molar-refractivity contribution in [3.05, 3.63) is 53.6 Å². The summed E-state index contributed by atoms with van der Waals surface area (Å²) in [5, 5.41) is 0. The number of benzene rings is 1. The molecule has 0 aromatic heterocycles. The summed E-state index contributed by atoms with van der Waals surface area (Å²) in [4.78, 5) is 22.7. The van der Waals surface area contributed by atoms with E-state index in [1.807, 2.05) is 0 Å². The summed E-state index contributed by atoms with van der Waals surface area (Å²) in [5.74, 6) is -0.887. The molecule has 118 valence electrons. The van der Waals surface area contributed by atoms with Crippen LogP contribution in [0.2, 0.25) is 0 Å². The molecule has 22 heavy (non-hydrogen) atoms. The van der Waals surface area contributed by atoms with E-state index in [-0.39, 0.29) is 18.0 Å². The van der Waals surface area contributed by atoms with Crippen LogP contribution in [0.1, 0.15) is 25.0 Å². The van der Waals surface area contributed by atoms with Crippen LogP contribution in [0.3, 0.4) is 0 Å². The lowest BCUT2D eigenvalue weighted by molar-refractivity contribution is -0.138. The Hall–Kier alpha value is -2.37. The zero-order chi connectivity index (χ0) is 16.8. The van der Waals surface area contributed by atoms with Gasteiger partial charge in [0.15, 0.2) is 5.78 Å². The maximum atomic E-state index is 12.5. The number of allylic oxidation sites excluding steroid dienone is 3. The Bertz CT molecular complexity index is 596. The second kappa shape index (κ2) is 7.59. The molecule has 0 bridgehead atoms. The second-order valence-corrected chi connectivity index (χ2v) is 4.32. The van der Waals surface area contributed by atoms with Crippen LogP contribution in [0.15, 0.2) is 42.5 Å². The van der Waals surface area contributed by atoms with Crippen molar-refractivity contribution < 1.29 is 27.5 Å². The van der Waals surface area contributed by atoms with Gasteiger partial charge < -0.3 is 4.74 Å². The molecule has 0 fully saturated rings. The molecule has 0 aliphatic carbocycles. The van der Waals surface area contributed by atoms with Gasteiger partial charge in [0.2, 0.25) is 0 Å². The van der Waals surface area contributed by atoms with E-state index < -0.39 is 17.7 Å². The SMILES string of the molecule is CCOC(=O)C=CC=C(C(C)=O)c1ccc(C(F)(F)F)cc1. The van der Waals surface area contributed by atoms with E-state index in [1.54, 1.807) is 6.92 Å². The van der Waals surface area contributed by atoms with E-state index in [1.165, 1.54) is 31.2 Å². The third-order valence-electron chi connectivity index (χ3n) is 2.68. The van der Waals surface area contributed by atoms with Gasteiger partial charge in [-0.3, -0.25) is 4.79 Å². The van der Waals surface area contributed by atoms with Crippen LogP contribution in [0.5, 0.6) is 0 Å². The lowest BCUT2D eigenvalue weighted by Crippen LogP contribution is -2.05. The summed E-state index contributed by atoms with van der Waals surface area (Å²) in [6, 6.07) is 4.24. The second-order valence-electron chi connectivity index (χ2n) is 4.32. The molecule has 0 amide bonds. The molecule has 3 nitrogen and oxygen atoms in total. The molecule has 0 unspecified atom stereocenters. The van der Waals surface area contributed by atoms with E-state index in [9.17, 15) is 22.8 Å². The minimum Gasteiger partial charge on any atom is -0.463 e. The largest absolute Gasteiger partial charge is 0.463 e. The number of ether oxygens (including phenoxy) is 1. The van der Waals surface area contributed by atoms with Crippen molar-refractivity contribution in [3.63, 3.8) is 0 Å². The zero-order valence-electron chi connectivity index (χ0n) is 12.1. The summed E-state index contributed by atoms with van der Waals surface area (Å²) in [6.07, 6.45) is -0.604. The topological polar surface area (TPSA) is 43.4 Å². The predicted octanol–water partition coefficient (Wildman–Crippen LogP) is 3.80. The molecule has 1 rings (SSSR count). The highest BCUT2D eigenvalue weighted by atomic mass is 19.4. The molecule has 1 aromatic carbocycles. The number of hydrogen-bond donors (Lipinski definition) is 0. The third-order valence-corrected chi connectivity index (χ3v) is 2.68. The van der Waals surface area contributed by atoms with E-state index in [0.717, 1.165) is 18.2 Å². The first-order chi connectivity index (χ1) is 10.3. The van der Waals surface area contributed by atoms with Crippen LogP contribution in [0, 0.1) is 0 Å². The fourth-order valence-electron chi connectivity index (χ4n) is 1.67. The molecule has 1 aromatic rings. The Kier molecular flexibility index (Phi) is 6.10. The van der Waals surface area contributed by atoms with Gasteiger partial charge in [-0.2, -0.15) is 13.2 Å². The first-order valence-electron chi connectivity index (χ1n) is 6.49. The molecule has 0 saturated carbocycles. The highest BCUT2D eigenvalue weighted by Crippen LogP contribution is 2.30. The molecule has 0 aliphatic heterocycles. The van der Waals surface area contributed by atoms with Crippen molar-refractivity contribution in [2.45, 2.75) is 20.0 Å². The van der Waals surface area contributed by atoms with E-state index in [2.05, 4.69) is 4.74 Å². The average molecular weight is 312 g/mol. The van der Waals surface area contributed by atoms with Crippen molar-refractivity contribution in [1.82, 2.24) is 0 Å². The van der Waals surface area contributed by atoms with Gasteiger partial charge in [0.1, 0.15) is 0 Å². The van der Waals surface area contributed by atoms with Gasteiger partial charge in [0.25, 0.3) is 0 Å². The number of hydrogen-bond acceptors (Lipinski definition) is 3. The van der Waals surface area contributed by atoms with Gasteiger partial charge in [-0.15, -0.1) is 0 Å². The maximum absolute atomic E-state index is 12.5. The number of alkyl halides is 3. The lowest BCUT2D eigenvalue weighted by atomic mass is 10.0. The first-order valence-corrected chi connectivity index (χ1v) is 6.49. The van der Waals surface area contributed by atoms with Gasteiger partial charge >= 0.3 is 12.1 Å². The highest BCUT2D eigenvalue weighted by molar-refractivity contribution is 6.19. The molecule has 0 heterocycles. The Labute approximate surface area is 126 Å². The van der Waals surface area contributed by atoms with Crippen molar-refractivity contribution in [2.24, 2.45) is 0 Å². The smallest absolute Gasteiger partial charge is 0.416 e. The van der Waals surface area contributed by atoms with Crippen LogP contribution in [-0.2, 0) is 20.5 Å². The number of esters is 1. The Morgan fingerprint density at radius 3 is 2.23 bits per heavy atom. The Morgan fingerprint density at radius 1 is 1.18 bits per heavy atom. The monoisotopic (exact) mass is 312 g/mol. The molecule has 0 aliphatic rings. The Morgan fingerprint density at radius 2 is 1.77 bits per heavy atom. The van der Waals surface area contributed by atoms with Crippen LogP contribution >= 0.6 is 0 Å². The van der Waals surface area contributed by atoms with E-state index in [4.69, 9.17) is 0 Å². The number of rotatable bonds is 5. The van der Waals surface area contributed by atoms with Crippen LogP contribution in [0.4, 0.5) is 13.2 Å². The molecule has 6 heteroatoms. The summed E-state index contributed by atoms with van der Waals surface area (Å²) < 4.78 is 42.2. The standard InChI is InChI=1S/C16H15F3O3/c1-3-22-15(21)6-4-5-14(11(2)20)12-7-9-13(10-8-12)16(17,18)19/h4-10H,3H2,1-2H3. The molecular weight excluding hydrogens is 297 g/mol. The van der Waals surface area contributed by atoms with Crippen molar-refractivity contribution in [2.75, 3.05) is 6.61 Å². The van der Waals surface area contributed by atoms with Crippen LogP contribution < -0.4 is 0 Å². The minimum absolute atomic E-state index is 0.203. The molecule has 0 radical (unpaired) electrons. The van der Waals surface area contributed by atoms with Crippen molar-refractivity contribution in [3.8, 4) is 0 Å². The first kappa shape index (κ1) is 17.7. The predicted molar refractivity (Wildman–Crippen MR) is 75.9 cm³/mol. The molecule has 0 spiro atoms. The van der Waals surface area contributed by atoms with Crippen LogP contribution in [0.25, 0.3) is 5.57 Å². The van der Waals surface area contributed by atoms with Crippen molar-refractivity contribution in [1.29, 1.82) is 0 Å². The highest BCUT2D eigenvalue weighted by Gasteiger charge is 2.30. The van der Waals surface area contributed by atoms with Crippen LogP contribution in [-0.4, -0.2) is 18.4 Å².